The molecule has 10 heteroatoms. The predicted octanol–water partition coefficient (Wildman–Crippen LogP) is 4.06. The van der Waals surface area contributed by atoms with Crippen LogP contribution in [-0.4, -0.2) is 76.4 Å². The lowest BCUT2D eigenvalue weighted by Gasteiger charge is -2.27. The predicted molar refractivity (Wildman–Crippen MR) is 144 cm³/mol. The highest BCUT2D eigenvalue weighted by atomic mass is 32.1. The average Bonchev–Trinajstić information content (AvgIpc) is 3.38. The van der Waals surface area contributed by atoms with Gasteiger partial charge >= 0.3 is 5.97 Å². The van der Waals surface area contributed by atoms with E-state index in [-0.39, 0.29) is 6.10 Å². The number of nitrogens with zero attached hydrogens (tertiary/aromatic N) is 4. The summed E-state index contributed by atoms with van der Waals surface area (Å²) in [6, 6.07) is 5.53. The fourth-order valence-corrected chi connectivity index (χ4v) is 5.25. The summed E-state index contributed by atoms with van der Waals surface area (Å²) >= 11 is 1.51. The van der Waals surface area contributed by atoms with E-state index < -0.39 is 12.0 Å². The zero-order valence-corrected chi connectivity index (χ0v) is 21.9. The first-order chi connectivity index (χ1) is 17.5. The lowest BCUT2D eigenvalue weighted by Crippen LogP contribution is -2.38. The molecule has 0 aliphatic carbocycles. The SMILES string of the molecule is CO[C@H](C)CN(CCCCc1ccc2c(n1)NCCC2)CC[C@H](Nc1ncnc2sccc12)C(=O)O. The second-order valence-corrected chi connectivity index (χ2v) is 10.2. The van der Waals surface area contributed by atoms with Gasteiger partial charge in [0.15, 0.2) is 0 Å². The fraction of sp³-hybridized carbons (Fsp3) is 0.538. The number of aromatic nitrogens is 3. The van der Waals surface area contributed by atoms with E-state index >= 15 is 0 Å². The molecular formula is C26H36N6O3S. The van der Waals surface area contributed by atoms with Crippen molar-refractivity contribution in [2.24, 2.45) is 0 Å². The number of rotatable bonds is 14. The molecule has 9 nitrogen and oxygen atoms in total. The van der Waals surface area contributed by atoms with Crippen LogP contribution in [0.1, 0.15) is 43.9 Å². The molecule has 3 N–H and O–H groups in total. The van der Waals surface area contributed by atoms with E-state index in [1.165, 1.54) is 29.6 Å². The normalized spacial score (nSPS) is 14.9. The number of ether oxygens (including phenoxy) is 1. The number of aliphatic carboxylic acids is 1. The van der Waals surface area contributed by atoms with Gasteiger partial charge in [-0.3, -0.25) is 0 Å². The van der Waals surface area contributed by atoms with Crippen molar-refractivity contribution in [3.05, 3.63) is 41.2 Å². The van der Waals surface area contributed by atoms with Gasteiger partial charge in [-0.05, 0) is 75.1 Å². The summed E-state index contributed by atoms with van der Waals surface area (Å²) in [4.78, 5) is 28.5. The van der Waals surface area contributed by atoms with E-state index in [9.17, 15) is 9.90 Å². The number of carboxylic acids is 1. The topological polar surface area (TPSA) is 113 Å². The van der Waals surface area contributed by atoms with Gasteiger partial charge in [0, 0.05) is 32.4 Å². The first-order valence-corrected chi connectivity index (χ1v) is 13.6. The molecule has 0 saturated heterocycles. The van der Waals surface area contributed by atoms with E-state index in [2.05, 4.69) is 37.6 Å². The number of carbonyl (C=O) groups is 1. The van der Waals surface area contributed by atoms with Crippen LogP contribution in [0, 0.1) is 0 Å². The van der Waals surface area contributed by atoms with Gasteiger partial charge in [-0.15, -0.1) is 11.3 Å². The van der Waals surface area contributed by atoms with Crippen LogP contribution in [0.25, 0.3) is 10.2 Å². The summed E-state index contributed by atoms with van der Waals surface area (Å²) in [6.45, 7) is 5.32. The number of hydrogen-bond acceptors (Lipinski definition) is 9. The molecule has 1 aliphatic heterocycles. The van der Waals surface area contributed by atoms with Crippen molar-refractivity contribution >= 4 is 39.2 Å². The van der Waals surface area contributed by atoms with E-state index in [1.807, 2.05) is 18.4 Å². The van der Waals surface area contributed by atoms with Gasteiger partial charge in [0.05, 0.1) is 11.5 Å². The molecule has 194 valence electrons. The van der Waals surface area contributed by atoms with E-state index in [0.717, 1.165) is 67.0 Å². The Kier molecular flexibility index (Phi) is 9.43. The number of hydrogen-bond donors (Lipinski definition) is 3. The third-order valence-corrected chi connectivity index (χ3v) is 7.45. The molecule has 0 fully saturated rings. The standard InChI is InChI=1S/C26H36N6O3S/c1-18(35-2)16-32(13-4-3-7-20-9-8-19-6-5-12-27-23(19)30-20)14-10-22(26(33)34)31-24-21-11-15-36-25(21)29-17-28-24/h8-9,11,15,17-18,22H,3-7,10,12-14,16H2,1-2H3,(H,27,30)(H,33,34)(H,28,29,31)/t18-,22+/m1/s1. The molecule has 0 bridgehead atoms. The highest BCUT2D eigenvalue weighted by molar-refractivity contribution is 7.16. The third-order valence-electron chi connectivity index (χ3n) is 6.63. The number of thiophene rings is 1. The number of carboxylic acid groups (broad SMARTS) is 1. The van der Waals surface area contributed by atoms with Crippen molar-refractivity contribution in [1.82, 2.24) is 19.9 Å². The largest absolute Gasteiger partial charge is 0.480 e. The number of unbranched alkanes of at least 4 members (excludes halogenated alkanes) is 1. The number of aryl methyl sites for hydroxylation is 2. The van der Waals surface area contributed by atoms with Crippen LogP contribution in [0.3, 0.4) is 0 Å². The number of anilines is 2. The maximum absolute atomic E-state index is 12.0. The number of nitrogens with one attached hydrogen (secondary N) is 2. The van der Waals surface area contributed by atoms with Crippen LogP contribution < -0.4 is 10.6 Å². The lowest BCUT2D eigenvalue weighted by molar-refractivity contribution is -0.138. The maximum Gasteiger partial charge on any atom is 0.326 e. The van der Waals surface area contributed by atoms with Crippen LogP contribution >= 0.6 is 11.3 Å². The molecule has 0 amide bonds. The number of pyridine rings is 1. The molecule has 0 radical (unpaired) electrons. The highest BCUT2D eigenvalue weighted by Crippen LogP contribution is 2.25. The van der Waals surface area contributed by atoms with Crippen molar-refractivity contribution in [3.63, 3.8) is 0 Å². The first-order valence-electron chi connectivity index (χ1n) is 12.7. The van der Waals surface area contributed by atoms with Crippen molar-refractivity contribution in [1.29, 1.82) is 0 Å². The van der Waals surface area contributed by atoms with Crippen molar-refractivity contribution in [2.45, 2.75) is 57.6 Å². The van der Waals surface area contributed by atoms with Gasteiger partial charge in [0.1, 0.15) is 28.8 Å². The summed E-state index contributed by atoms with van der Waals surface area (Å²) in [6.07, 6.45) is 7.24. The summed E-state index contributed by atoms with van der Waals surface area (Å²) < 4.78 is 5.49. The smallest absolute Gasteiger partial charge is 0.326 e. The Morgan fingerprint density at radius 3 is 3.00 bits per heavy atom. The van der Waals surface area contributed by atoms with Gasteiger partial charge in [-0.1, -0.05) is 6.07 Å². The number of fused-ring (bicyclic) bond motifs is 2. The average molecular weight is 513 g/mol. The molecule has 1 aliphatic rings. The minimum absolute atomic E-state index is 0.0712. The second-order valence-electron chi connectivity index (χ2n) is 9.33. The molecule has 36 heavy (non-hydrogen) atoms. The van der Waals surface area contributed by atoms with E-state index in [1.54, 1.807) is 7.11 Å². The Morgan fingerprint density at radius 2 is 2.17 bits per heavy atom. The molecule has 0 spiro atoms. The Balaban J connectivity index is 1.30. The molecule has 0 aromatic carbocycles. The van der Waals surface area contributed by atoms with Gasteiger partial charge in [0.2, 0.25) is 0 Å². The van der Waals surface area contributed by atoms with Crippen LogP contribution in [0.4, 0.5) is 11.6 Å². The molecule has 3 aromatic heterocycles. The maximum atomic E-state index is 12.0. The van der Waals surface area contributed by atoms with Crippen molar-refractivity contribution in [3.8, 4) is 0 Å². The molecular weight excluding hydrogens is 476 g/mol. The summed E-state index contributed by atoms with van der Waals surface area (Å²) in [5.74, 6) is 0.728. The molecule has 4 heterocycles. The van der Waals surface area contributed by atoms with Gasteiger partial charge < -0.3 is 25.4 Å². The molecule has 0 saturated carbocycles. The van der Waals surface area contributed by atoms with E-state index in [0.29, 0.717) is 18.8 Å². The Labute approximate surface area is 216 Å². The van der Waals surface area contributed by atoms with Crippen LogP contribution in [0.5, 0.6) is 0 Å². The van der Waals surface area contributed by atoms with E-state index in [4.69, 9.17) is 9.72 Å². The van der Waals surface area contributed by atoms with Crippen LogP contribution in [-0.2, 0) is 22.4 Å². The highest BCUT2D eigenvalue weighted by Gasteiger charge is 2.21. The quantitative estimate of drug-likeness (QED) is 0.275. The molecule has 4 rings (SSSR count). The first kappa shape index (κ1) is 26.2. The molecule has 3 aromatic rings. The summed E-state index contributed by atoms with van der Waals surface area (Å²) in [7, 11) is 1.71. The van der Waals surface area contributed by atoms with Gasteiger partial charge in [0.25, 0.3) is 0 Å². The lowest BCUT2D eigenvalue weighted by atomic mass is 10.1. The summed E-state index contributed by atoms with van der Waals surface area (Å²) in [5.41, 5.74) is 2.44. The Hall–Kier alpha value is -2.82. The van der Waals surface area contributed by atoms with Crippen LogP contribution in [0.15, 0.2) is 29.9 Å². The molecule has 2 atom stereocenters. The minimum atomic E-state index is -0.885. The number of methoxy groups -OCH3 is 1. The zero-order chi connectivity index (χ0) is 25.3. The summed E-state index contributed by atoms with van der Waals surface area (Å²) in [5, 5.41) is 19.2. The Bertz CT molecular complexity index is 1140. The molecule has 0 unspecified atom stereocenters. The third kappa shape index (κ3) is 7.11. The van der Waals surface area contributed by atoms with Crippen LogP contribution in [0.2, 0.25) is 0 Å². The monoisotopic (exact) mass is 512 g/mol. The van der Waals surface area contributed by atoms with Gasteiger partial charge in [-0.2, -0.15) is 0 Å². The minimum Gasteiger partial charge on any atom is -0.480 e. The zero-order valence-electron chi connectivity index (χ0n) is 21.1. The van der Waals surface area contributed by atoms with Crippen molar-refractivity contribution in [2.75, 3.05) is 43.9 Å². The van der Waals surface area contributed by atoms with Gasteiger partial charge in [-0.25, -0.2) is 19.7 Å². The Morgan fingerprint density at radius 1 is 1.28 bits per heavy atom. The second kappa shape index (κ2) is 12.9. The van der Waals surface area contributed by atoms with Crippen molar-refractivity contribution < 1.29 is 14.6 Å². The fourth-order valence-electron chi connectivity index (χ4n) is 4.52.